The highest BCUT2D eigenvalue weighted by Crippen LogP contribution is 2.31. The van der Waals surface area contributed by atoms with Crippen molar-refractivity contribution in [1.29, 1.82) is 0 Å². The fourth-order valence-corrected chi connectivity index (χ4v) is 1.72. The molecule has 0 bridgehead atoms. The van der Waals surface area contributed by atoms with Crippen LogP contribution in [0.2, 0.25) is 0 Å². The van der Waals surface area contributed by atoms with E-state index < -0.39 is 6.10 Å². The Morgan fingerprint density at radius 2 is 2.33 bits per heavy atom. The van der Waals surface area contributed by atoms with E-state index in [1.165, 1.54) is 7.11 Å². The van der Waals surface area contributed by atoms with E-state index in [1.807, 2.05) is 0 Å². The summed E-state index contributed by atoms with van der Waals surface area (Å²) in [4.78, 5) is 11.0. The maximum absolute atomic E-state index is 11.0. The van der Waals surface area contributed by atoms with Gasteiger partial charge in [-0.2, -0.15) is 0 Å². The van der Waals surface area contributed by atoms with Crippen LogP contribution in [0.1, 0.15) is 12.8 Å². The minimum atomic E-state index is -0.431. The standard InChI is InChI=1S/C8H15NO3/c1-12-8(11)5-2-6(4-9)7(10)3-5/h5-7,10H,2-4,9H2,1H3/t5?,6-,7+/m1/s1. The lowest BCUT2D eigenvalue weighted by atomic mass is 10.1. The molecule has 1 rings (SSSR count). The van der Waals surface area contributed by atoms with Crippen LogP contribution in [0.15, 0.2) is 0 Å². The van der Waals surface area contributed by atoms with Crippen molar-refractivity contribution in [1.82, 2.24) is 0 Å². The molecule has 0 amide bonds. The number of aliphatic hydroxyl groups excluding tert-OH is 1. The highest BCUT2D eigenvalue weighted by atomic mass is 16.5. The molecule has 12 heavy (non-hydrogen) atoms. The molecule has 0 aliphatic heterocycles. The van der Waals surface area contributed by atoms with Crippen molar-refractivity contribution in [3.63, 3.8) is 0 Å². The van der Waals surface area contributed by atoms with Gasteiger partial charge in [0.1, 0.15) is 0 Å². The lowest BCUT2D eigenvalue weighted by Gasteiger charge is -2.09. The fraction of sp³-hybridized carbons (Fsp3) is 0.875. The fourth-order valence-electron chi connectivity index (χ4n) is 1.72. The molecule has 0 saturated heterocycles. The topological polar surface area (TPSA) is 72.5 Å². The van der Waals surface area contributed by atoms with Crippen molar-refractivity contribution >= 4 is 5.97 Å². The summed E-state index contributed by atoms with van der Waals surface area (Å²) in [6, 6.07) is 0. The SMILES string of the molecule is COC(=O)C1C[C@H](CN)[C@@H](O)C1. The molecule has 0 heterocycles. The number of nitrogens with two attached hydrogens (primary N) is 1. The Balaban J connectivity index is 2.48. The van der Waals surface area contributed by atoms with Crippen LogP contribution in [0.5, 0.6) is 0 Å². The van der Waals surface area contributed by atoms with Crippen LogP contribution < -0.4 is 5.73 Å². The quantitative estimate of drug-likeness (QED) is 0.552. The number of aliphatic hydroxyl groups is 1. The summed E-state index contributed by atoms with van der Waals surface area (Å²) in [5.41, 5.74) is 5.42. The molecule has 4 nitrogen and oxygen atoms in total. The Kier molecular flexibility index (Phi) is 3.05. The summed E-state index contributed by atoms with van der Waals surface area (Å²) >= 11 is 0. The van der Waals surface area contributed by atoms with Gasteiger partial charge in [-0.3, -0.25) is 4.79 Å². The van der Waals surface area contributed by atoms with E-state index in [-0.39, 0.29) is 17.8 Å². The number of carbonyl (C=O) groups excluding carboxylic acids is 1. The van der Waals surface area contributed by atoms with Crippen molar-refractivity contribution in [2.75, 3.05) is 13.7 Å². The van der Waals surface area contributed by atoms with Gasteiger partial charge in [0, 0.05) is 0 Å². The van der Waals surface area contributed by atoms with Crippen LogP contribution in [0.4, 0.5) is 0 Å². The Morgan fingerprint density at radius 1 is 1.67 bits per heavy atom. The molecule has 4 heteroatoms. The van der Waals surface area contributed by atoms with E-state index in [4.69, 9.17) is 5.73 Å². The third-order valence-corrected chi connectivity index (χ3v) is 2.49. The molecule has 1 saturated carbocycles. The van der Waals surface area contributed by atoms with E-state index in [0.29, 0.717) is 19.4 Å². The Bertz CT molecular complexity index is 172. The lowest BCUT2D eigenvalue weighted by Crippen LogP contribution is -2.21. The predicted molar refractivity (Wildman–Crippen MR) is 43.3 cm³/mol. The molecule has 1 unspecified atom stereocenters. The van der Waals surface area contributed by atoms with Crippen molar-refractivity contribution < 1.29 is 14.6 Å². The van der Waals surface area contributed by atoms with Crippen LogP contribution in [0.25, 0.3) is 0 Å². The van der Waals surface area contributed by atoms with Crippen molar-refractivity contribution in [2.24, 2.45) is 17.6 Å². The summed E-state index contributed by atoms with van der Waals surface area (Å²) in [5, 5.41) is 9.42. The summed E-state index contributed by atoms with van der Waals surface area (Å²) in [7, 11) is 1.37. The van der Waals surface area contributed by atoms with Gasteiger partial charge < -0.3 is 15.6 Å². The average Bonchev–Trinajstić information content (AvgIpc) is 2.45. The number of methoxy groups -OCH3 is 1. The van der Waals surface area contributed by atoms with E-state index >= 15 is 0 Å². The van der Waals surface area contributed by atoms with Gasteiger partial charge in [0.25, 0.3) is 0 Å². The van der Waals surface area contributed by atoms with Crippen LogP contribution >= 0.6 is 0 Å². The second kappa shape index (κ2) is 3.87. The zero-order chi connectivity index (χ0) is 9.14. The summed E-state index contributed by atoms with van der Waals surface area (Å²) in [6.45, 7) is 0.439. The van der Waals surface area contributed by atoms with Crippen molar-refractivity contribution in [3.8, 4) is 0 Å². The van der Waals surface area contributed by atoms with Crippen LogP contribution in [0, 0.1) is 11.8 Å². The monoisotopic (exact) mass is 173 g/mol. The zero-order valence-electron chi connectivity index (χ0n) is 7.19. The van der Waals surface area contributed by atoms with Gasteiger partial charge in [-0.25, -0.2) is 0 Å². The lowest BCUT2D eigenvalue weighted by molar-refractivity contribution is -0.145. The van der Waals surface area contributed by atoms with Gasteiger partial charge >= 0.3 is 5.97 Å². The van der Waals surface area contributed by atoms with Gasteiger partial charge in [0.05, 0.1) is 19.1 Å². The third-order valence-electron chi connectivity index (χ3n) is 2.49. The highest BCUT2D eigenvalue weighted by molar-refractivity contribution is 5.72. The maximum Gasteiger partial charge on any atom is 0.308 e. The third kappa shape index (κ3) is 1.76. The molecule has 0 aromatic rings. The molecule has 3 N–H and O–H groups in total. The zero-order valence-corrected chi connectivity index (χ0v) is 7.19. The first kappa shape index (κ1) is 9.48. The van der Waals surface area contributed by atoms with E-state index in [1.54, 1.807) is 0 Å². The number of ether oxygens (including phenoxy) is 1. The summed E-state index contributed by atoms with van der Waals surface area (Å²) in [5.74, 6) is -0.322. The van der Waals surface area contributed by atoms with E-state index in [0.717, 1.165) is 0 Å². The predicted octanol–water partition coefficient (Wildman–Crippen LogP) is -0.495. The second-order valence-electron chi connectivity index (χ2n) is 3.25. The molecular formula is C8H15NO3. The second-order valence-corrected chi connectivity index (χ2v) is 3.25. The van der Waals surface area contributed by atoms with E-state index in [2.05, 4.69) is 4.74 Å². The molecule has 1 fully saturated rings. The van der Waals surface area contributed by atoms with Gasteiger partial charge in [-0.1, -0.05) is 0 Å². The minimum Gasteiger partial charge on any atom is -0.469 e. The molecular weight excluding hydrogens is 158 g/mol. The summed E-state index contributed by atoms with van der Waals surface area (Å²) in [6.07, 6.45) is 0.720. The Hall–Kier alpha value is -0.610. The maximum atomic E-state index is 11.0. The van der Waals surface area contributed by atoms with Crippen LogP contribution in [0.3, 0.4) is 0 Å². The highest BCUT2D eigenvalue weighted by Gasteiger charge is 2.36. The minimum absolute atomic E-state index is 0.0640. The first-order valence-electron chi connectivity index (χ1n) is 4.15. The molecule has 1 aliphatic rings. The number of carbonyl (C=O) groups is 1. The normalized spacial score (nSPS) is 35.1. The largest absolute Gasteiger partial charge is 0.469 e. The number of hydrogen-bond donors (Lipinski definition) is 2. The molecule has 1 aliphatic carbocycles. The first-order chi connectivity index (χ1) is 5.69. The smallest absolute Gasteiger partial charge is 0.308 e. The van der Waals surface area contributed by atoms with Crippen LogP contribution in [-0.4, -0.2) is 30.8 Å². The number of esters is 1. The van der Waals surface area contributed by atoms with Crippen LogP contribution in [-0.2, 0) is 9.53 Å². The molecule has 0 aromatic carbocycles. The van der Waals surface area contributed by atoms with Gasteiger partial charge in [-0.05, 0) is 25.3 Å². The van der Waals surface area contributed by atoms with Gasteiger partial charge in [-0.15, -0.1) is 0 Å². The molecule has 3 atom stereocenters. The Labute approximate surface area is 71.7 Å². The number of hydrogen-bond acceptors (Lipinski definition) is 4. The van der Waals surface area contributed by atoms with Gasteiger partial charge in [0.15, 0.2) is 0 Å². The molecule has 0 radical (unpaired) electrons. The molecule has 0 spiro atoms. The average molecular weight is 173 g/mol. The van der Waals surface area contributed by atoms with E-state index in [9.17, 15) is 9.90 Å². The first-order valence-corrected chi connectivity index (χ1v) is 4.15. The van der Waals surface area contributed by atoms with Crippen molar-refractivity contribution in [2.45, 2.75) is 18.9 Å². The van der Waals surface area contributed by atoms with Crippen molar-refractivity contribution in [3.05, 3.63) is 0 Å². The van der Waals surface area contributed by atoms with Gasteiger partial charge in [0.2, 0.25) is 0 Å². The molecule has 70 valence electrons. The number of rotatable bonds is 2. The molecule has 0 aromatic heterocycles. The summed E-state index contributed by atoms with van der Waals surface area (Å²) < 4.78 is 4.58. The Morgan fingerprint density at radius 3 is 2.75 bits per heavy atom.